The fourth-order valence-corrected chi connectivity index (χ4v) is 3.47. The molecule has 3 rings (SSSR count). The number of fused-ring (bicyclic) bond motifs is 1. The summed E-state index contributed by atoms with van der Waals surface area (Å²) >= 11 is 0. The van der Waals surface area contributed by atoms with Crippen LogP contribution >= 0.6 is 0 Å². The van der Waals surface area contributed by atoms with Crippen molar-refractivity contribution < 1.29 is 9.13 Å². The number of aryl methyl sites for hydroxylation is 1. The number of terminal acetylenes is 1. The fraction of sp³-hybridized carbons (Fsp3) is 0.450. The van der Waals surface area contributed by atoms with Crippen LogP contribution in [0.15, 0.2) is 16.9 Å². The predicted molar refractivity (Wildman–Crippen MR) is 98.7 cm³/mol. The number of hydrogen-bond donors (Lipinski definition) is 1. The van der Waals surface area contributed by atoms with Gasteiger partial charge >= 0.3 is 0 Å². The number of H-pyrrole nitrogens is 1. The van der Waals surface area contributed by atoms with Crippen molar-refractivity contribution in [1.29, 1.82) is 0 Å². The molecule has 0 unspecified atom stereocenters. The van der Waals surface area contributed by atoms with E-state index >= 15 is 0 Å². The Kier molecular flexibility index (Phi) is 4.57. The minimum absolute atomic E-state index is 0.177. The predicted octanol–water partition coefficient (Wildman–Crippen LogP) is 3.22. The molecule has 4 nitrogen and oxygen atoms in total. The number of aromatic nitrogens is 1. The molecule has 1 N–H and O–H groups in total. The van der Waals surface area contributed by atoms with Crippen molar-refractivity contribution >= 4 is 16.6 Å². The molecule has 1 fully saturated rings. The normalized spacial score (nSPS) is 16.8. The number of aromatic amines is 1. The Labute approximate surface area is 147 Å². The Hall–Kier alpha value is -2.32. The largest absolute Gasteiger partial charge is 0.378 e. The third-order valence-electron chi connectivity index (χ3n) is 5.29. The standard InChI is InChI=1S/C20H23FN2O2/c1-5-13-11-15-17(16(21)12-13)22-19(24)14(6-2)18(15)23-9-7-20(3,25-4)8-10-23/h2,11-12H,5,7-10H2,1,3-4H3,(H,22,24). The molecule has 5 heteroatoms. The summed E-state index contributed by atoms with van der Waals surface area (Å²) < 4.78 is 20.1. The van der Waals surface area contributed by atoms with Gasteiger partial charge in [-0.05, 0) is 43.9 Å². The molecule has 0 amide bonds. The molecule has 0 atom stereocenters. The summed E-state index contributed by atoms with van der Waals surface area (Å²) in [7, 11) is 1.72. The van der Waals surface area contributed by atoms with Crippen LogP contribution in [0.1, 0.15) is 37.8 Å². The molecule has 2 aromatic rings. The summed E-state index contributed by atoms with van der Waals surface area (Å²) in [5.74, 6) is 2.08. The topological polar surface area (TPSA) is 45.3 Å². The first-order chi connectivity index (χ1) is 11.9. The van der Waals surface area contributed by atoms with Crippen molar-refractivity contribution in [2.24, 2.45) is 0 Å². The number of nitrogens with zero attached hydrogens (tertiary/aromatic N) is 1. The number of methoxy groups -OCH3 is 1. The van der Waals surface area contributed by atoms with Crippen LogP contribution in [-0.2, 0) is 11.2 Å². The minimum Gasteiger partial charge on any atom is -0.378 e. The highest BCUT2D eigenvalue weighted by molar-refractivity contribution is 5.95. The molecule has 1 aromatic carbocycles. The van der Waals surface area contributed by atoms with Gasteiger partial charge in [-0.1, -0.05) is 12.8 Å². The van der Waals surface area contributed by atoms with E-state index in [2.05, 4.69) is 22.7 Å². The van der Waals surface area contributed by atoms with Gasteiger partial charge in [0.2, 0.25) is 0 Å². The first kappa shape index (κ1) is 17.5. The van der Waals surface area contributed by atoms with Crippen LogP contribution in [0.4, 0.5) is 10.1 Å². The lowest BCUT2D eigenvalue weighted by Gasteiger charge is -2.40. The monoisotopic (exact) mass is 342 g/mol. The molecule has 1 aromatic heterocycles. The van der Waals surface area contributed by atoms with Crippen molar-refractivity contribution in [3.63, 3.8) is 0 Å². The molecule has 1 aliphatic heterocycles. The highest BCUT2D eigenvalue weighted by Crippen LogP contribution is 2.34. The molecule has 0 spiro atoms. The van der Waals surface area contributed by atoms with Crippen LogP contribution < -0.4 is 10.5 Å². The number of nitrogens with one attached hydrogen (secondary N) is 1. The van der Waals surface area contributed by atoms with Gasteiger partial charge < -0.3 is 14.6 Å². The number of anilines is 1. The molecular weight excluding hydrogens is 319 g/mol. The van der Waals surface area contributed by atoms with Crippen LogP contribution in [0.5, 0.6) is 0 Å². The van der Waals surface area contributed by atoms with Crippen LogP contribution in [0.2, 0.25) is 0 Å². The van der Waals surface area contributed by atoms with E-state index in [4.69, 9.17) is 11.2 Å². The molecule has 0 aliphatic carbocycles. The molecule has 132 valence electrons. The van der Waals surface area contributed by atoms with E-state index in [-0.39, 0.29) is 16.7 Å². The number of benzene rings is 1. The van der Waals surface area contributed by atoms with Gasteiger partial charge in [0.05, 0.1) is 16.8 Å². The summed E-state index contributed by atoms with van der Waals surface area (Å²) in [6.07, 6.45) is 7.96. The molecule has 0 bridgehead atoms. The second-order valence-corrected chi connectivity index (χ2v) is 6.82. The lowest BCUT2D eigenvalue weighted by molar-refractivity contribution is -0.0132. The molecule has 25 heavy (non-hydrogen) atoms. The van der Waals surface area contributed by atoms with Gasteiger partial charge in [0.15, 0.2) is 0 Å². The maximum absolute atomic E-state index is 14.5. The van der Waals surface area contributed by atoms with E-state index in [0.29, 0.717) is 30.6 Å². The summed E-state index contributed by atoms with van der Waals surface area (Å²) in [5, 5.41) is 0.672. The van der Waals surface area contributed by atoms with Crippen LogP contribution in [0.3, 0.4) is 0 Å². The van der Waals surface area contributed by atoms with E-state index < -0.39 is 11.4 Å². The number of halogens is 1. The van der Waals surface area contributed by atoms with Gasteiger partial charge in [0.1, 0.15) is 11.4 Å². The van der Waals surface area contributed by atoms with Crippen LogP contribution in [0, 0.1) is 18.2 Å². The van der Waals surface area contributed by atoms with Gasteiger partial charge in [-0.2, -0.15) is 0 Å². The average molecular weight is 342 g/mol. The third-order valence-corrected chi connectivity index (χ3v) is 5.29. The molecule has 1 saturated heterocycles. The summed E-state index contributed by atoms with van der Waals surface area (Å²) in [5.41, 5.74) is 1.42. The maximum atomic E-state index is 14.5. The van der Waals surface area contributed by atoms with E-state index in [1.807, 2.05) is 13.0 Å². The molecule has 0 radical (unpaired) electrons. The zero-order valence-electron chi connectivity index (χ0n) is 14.9. The average Bonchev–Trinajstić information content (AvgIpc) is 2.62. The van der Waals surface area contributed by atoms with E-state index in [1.165, 1.54) is 6.07 Å². The van der Waals surface area contributed by atoms with E-state index in [0.717, 1.165) is 18.4 Å². The summed E-state index contributed by atoms with van der Waals surface area (Å²) in [6, 6.07) is 3.39. The summed E-state index contributed by atoms with van der Waals surface area (Å²) in [6.45, 7) is 5.46. The highest BCUT2D eigenvalue weighted by Gasteiger charge is 2.31. The van der Waals surface area contributed by atoms with Gasteiger partial charge in [0, 0.05) is 25.6 Å². The second-order valence-electron chi connectivity index (χ2n) is 6.82. The third kappa shape index (κ3) is 3.03. The lowest BCUT2D eigenvalue weighted by Crippen LogP contribution is -2.44. The zero-order chi connectivity index (χ0) is 18.2. The van der Waals surface area contributed by atoms with Gasteiger partial charge in [0.25, 0.3) is 5.56 Å². The number of ether oxygens (including phenoxy) is 1. The van der Waals surface area contributed by atoms with Crippen molar-refractivity contribution in [2.75, 3.05) is 25.1 Å². The first-order valence-electron chi connectivity index (χ1n) is 8.57. The van der Waals surface area contributed by atoms with Gasteiger partial charge in [-0.3, -0.25) is 4.79 Å². The van der Waals surface area contributed by atoms with Crippen molar-refractivity contribution in [1.82, 2.24) is 4.98 Å². The van der Waals surface area contributed by atoms with Crippen molar-refractivity contribution in [3.05, 3.63) is 39.4 Å². The lowest BCUT2D eigenvalue weighted by atomic mass is 9.92. The Bertz CT molecular complexity index is 903. The van der Waals surface area contributed by atoms with Crippen molar-refractivity contribution in [3.8, 4) is 12.3 Å². The van der Waals surface area contributed by atoms with Crippen LogP contribution in [-0.4, -0.2) is 30.8 Å². The Balaban J connectivity index is 2.20. The van der Waals surface area contributed by atoms with Gasteiger partial charge in [-0.25, -0.2) is 4.39 Å². The number of pyridine rings is 1. The maximum Gasteiger partial charge on any atom is 0.266 e. The van der Waals surface area contributed by atoms with E-state index in [9.17, 15) is 9.18 Å². The molecule has 1 aliphatic rings. The summed E-state index contributed by atoms with van der Waals surface area (Å²) in [4.78, 5) is 17.1. The van der Waals surface area contributed by atoms with Crippen LogP contribution in [0.25, 0.3) is 10.9 Å². The quantitative estimate of drug-likeness (QED) is 0.871. The molecule has 0 saturated carbocycles. The zero-order valence-corrected chi connectivity index (χ0v) is 14.9. The minimum atomic E-state index is -0.423. The Morgan fingerprint density at radius 1 is 1.40 bits per heavy atom. The molecule has 2 heterocycles. The van der Waals surface area contributed by atoms with E-state index in [1.54, 1.807) is 7.11 Å². The number of rotatable bonds is 3. The highest BCUT2D eigenvalue weighted by atomic mass is 19.1. The first-order valence-corrected chi connectivity index (χ1v) is 8.57. The SMILES string of the molecule is C#Cc1c(N2CCC(C)(OC)CC2)c2cc(CC)cc(F)c2[nH]c1=O. The van der Waals surface area contributed by atoms with Crippen molar-refractivity contribution in [2.45, 2.75) is 38.7 Å². The second kappa shape index (κ2) is 6.53. The van der Waals surface area contributed by atoms with Gasteiger partial charge in [-0.15, -0.1) is 6.42 Å². The smallest absolute Gasteiger partial charge is 0.266 e. The fourth-order valence-electron chi connectivity index (χ4n) is 3.47. The Morgan fingerprint density at radius 3 is 2.64 bits per heavy atom. The number of piperidine rings is 1. The Morgan fingerprint density at radius 2 is 2.08 bits per heavy atom. The number of hydrogen-bond acceptors (Lipinski definition) is 3. The molecular formula is C20H23FN2O2.